The number of hydrogen-bond donors (Lipinski definition) is 1. The third kappa shape index (κ3) is 6.27. The lowest BCUT2D eigenvalue weighted by Crippen LogP contribution is -2.15. The van der Waals surface area contributed by atoms with Crippen LogP contribution in [-0.2, 0) is 24.2 Å². The largest absolute Gasteiger partial charge is 0.493 e. The molecule has 0 saturated heterocycles. The zero-order chi connectivity index (χ0) is 26.2. The molecule has 0 atom stereocenters. The summed E-state index contributed by atoms with van der Waals surface area (Å²) in [4.78, 5) is 12.7. The lowest BCUT2D eigenvalue weighted by Gasteiger charge is -2.15. The second-order valence-electron chi connectivity index (χ2n) is 8.66. The molecule has 0 aliphatic carbocycles. The summed E-state index contributed by atoms with van der Waals surface area (Å²) in [6, 6.07) is 21.7. The van der Waals surface area contributed by atoms with Gasteiger partial charge >= 0.3 is 0 Å². The molecule has 1 N–H and O–H groups in total. The highest BCUT2D eigenvalue weighted by atomic mass is 16.5. The van der Waals surface area contributed by atoms with E-state index >= 15 is 0 Å². The van der Waals surface area contributed by atoms with Gasteiger partial charge in [0.25, 0.3) is 0 Å². The van der Waals surface area contributed by atoms with E-state index in [4.69, 9.17) is 14.2 Å². The maximum Gasteiger partial charge on any atom is 0.224 e. The van der Waals surface area contributed by atoms with E-state index in [0.717, 1.165) is 29.1 Å². The average Bonchev–Trinajstić information content (AvgIpc) is 3.34. The van der Waals surface area contributed by atoms with Crippen molar-refractivity contribution in [2.24, 2.45) is 0 Å². The number of nitrogens with one attached hydrogen (secondary N) is 1. The molecular formula is C29H32N4O4. The number of ether oxygens (including phenoxy) is 3. The number of aromatic nitrogens is 3. The zero-order valence-electron chi connectivity index (χ0n) is 21.7. The molecule has 37 heavy (non-hydrogen) atoms. The molecule has 4 rings (SSSR count). The molecule has 192 valence electrons. The Morgan fingerprint density at radius 1 is 0.865 bits per heavy atom. The fraction of sp³-hybridized carbons (Fsp3) is 0.276. The fourth-order valence-corrected chi connectivity index (χ4v) is 4.15. The van der Waals surface area contributed by atoms with Crippen molar-refractivity contribution < 1.29 is 19.0 Å². The van der Waals surface area contributed by atoms with E-state index in [2.05, 4.69) is 32.2 Å². The minimum Gasteiger partial charge on any atom is -0.493 e. The Hall–Kier alpha value is -4.33. The quantitative estimate of drug-likeness (QED) is 0.309. The number of amides is 1. The highest BCUT2D eigenvalue weighted by Gasteiger charge is 2.20. The molecule has 1 aromatic heterocycles. The summed E-state index contributed by atoms with van der Waals surface area (Å²) < 4.78 is 18.6. The zero-order valence-corrected chi connectivity index (χ0v) is 21.7. The molecule has 8 heteroatoms. The normalized spacial score (nSPS) is 10.7. The number of anilines is 1. The molecule has 0 bridgehead atoms. The third-order valence-electron chi connectivity index (χ3n) is 6.13. The van der Waals surface area contributed by atoms with Gasteiger partial charge in [0.1, 0.15) is 5.82 Å². The molecule has 0 radical (unpaired) electrons. The van der Waals surface area contributed by atoms with Crippen molar-refractivity contribution in [2.75, 3.05) is 26.6 Å². The SMILES string of the molecule is COc1cc(-c2nnc(CCC(=O)Nc3ccc(C)cc3)n2CCc2ccccc2)cc(OC)c1OC. The van der Waals surface area contributed by atoms with Crippen LogP contribution in [0.2, 0.25) is 0 Å². The number of aryl methyl sites for hydroxylation is 3. The molecule has 0 unspecified atom stereocenters. The van der Waals surface area contributed by atoms with Gasteiger partial charge in [0.15, 0.2) is 17.3 Å². The second-order valence-corrected chi connectivity index (χ2v) is 8.66. The average molecular weight is 501 g/mol. The molecule has 0 fully saturated rings. The first kappa shape index (κ1) is 25.8. The number of benzene rings is 3. The van der Waals surface area contributed by atoms with Gasteiger partial charge in [0.2, 0.25) is 11.7 Å². The molecule has 0 aliphatic heterocycles. The summed E-state index contributed by atoms with van der Waals surface area (Å²) in [6.07, 6.45) is 1.52. The Balaban J connectivity index is 1.61. The van der Waals surface area contributed by atoms with Crippen LogP contribution in [0.25, 0.3) is 11.4 Å². The van der Waals surface area contributed by atoms with Crippen molar-refractivity contribution in [1.82, 2.24) is 14.8 Å². The van der Waals surface area contributed by atoms with Crippen LogP contribution in [0.15, 0.2) is 66.7 Å². The van der Waals surface area contributed by atoms with E-state index < -0.39 is 0 Å². The van der Waals surface area contributed by atoms with E-state index in [1.807, 2.05) is 61.5 Å². The number of carbonyl (C=O) groups excluding carboxylic acids is 1. The minimum absolute atomic E-state index is 0.0733. The topological polar surface area (TPSA) is 87.5 Å². The molecule has 0 aliphatic rings. The predicted molar refractivity (Wildman–Crippen MR) is 143 cm³/mol. The van der Waals surface area contributed by atoms with Crippen LogP contribution in [0.1, 0.15) is 23.4 Å². The Kier molecular flexibility index (Phi) is 8.40. The highest BCUT2D eigenvalue weighted by molar-refractivity contribution is 5.90. The summed E-state index contributed by atoms with van der Waals surface area (Å²) in [5.41, 5.74) is 3.91. The van der Waals surface area contributed by atoms with Crippen molar-refractivity contribution in [1.29, 1.82) is 0 Å². The smallest absolute Gasteiger partial charge is 0.224 e. The van der Waals surface area contributed by atoms with E-state index in [9.17, 15) is 4.79 Å². The van der Waals surface area contributed by atoms with E-state index in [1.54, 1.807) is 21.3 Å². The van der Waals surface area contributed by atoms with Gasteiger partial charge in [-0.3, -0.25) is 4.79 Å². The fourth-order valence-electron chi connectivity index (χ4n) is 4.15. The molecule has 3 aromatic carbocycles. The lowest BCUT2D eigenvalue weighted by molar-refractivity contribution is -0.116. The van der Waals surface area contributed by atoms with Crippen LogP contribution in [0.5, 0.6) is 17.2 Å². The van der Waals surface area contributed by atoms with Crippen molar-refractivity contribution >= 4 is 11.6 Å². The maximum absolute atomic E-state index is 12.7. The van der Waals surface area contributed by atoms with Gasteiger partial charge in [0, 0.05) is 30.6 Å². The number of carbonyl (C=O) groups is 1. The van der Waals surface area contributed by atoms with Crippen LogP contribution >= 0.6 is 0 Å². The summed E-state index contributed by atoms with van der Waals surface area (Å²) in [5, 5.41) is 11.9. The Morgan fingerprint density at radius 2 is 1.54 bits per heavy atom. The lowest BCUT2D eigenvalue weighted by atomic mass is 10.1. The molecule has 4 aromatic rings. The maximum atomic E-state index is 12.7. The van der Waals surface area contributed by atoms with Crippen molar-refractivity contribution in [3.63, 3.8) is 0 Å². The standard InChI is InChI=1S/C29H32N4O4/c1-20-10-12-23(13-11-20)30-27(34)15-14-26-31-32-29(33(26)17-16-21-8-6-5-7-9-21)22-18-24(35-2)28(37-4)25(19-22)36-3/h5-13,18-19H,14-17H2,1-4H3,(H,30,34). The van der Waals surface area contributed by atoms with Gasteiger partial charge in [0.05, 0.1) is 21.3 Å². The summed E-state index contributed by atoms with van der Waals surface area (Å²) in [6.45, 7) is 2.66. The molecule has 0 spiro atoms. The van der Waals surface area contributed by atoms with Gasteiger partial charge in [-0.2, -0.15) is 0 Å². The monoisotopic (exact) mass is 500 g/mol. The summed E-state index contributed by atoms with van der Waals surface area (Å²) >= 11 is 0. The Bertz CT molecular complexity index is 1310. The first-order chi connectivity index (χ1) is 18.0. The molecule has 1 amide bonds. The van der Waals surface area contributed by atoms with Crippen LogP contribution in [0.3, 0.4) is 0 Å². The number of hydrogen-bond acceptors (Lipinski definition) is 6. The van der Waals surface area contributed by atoms with Crippen LogP contribution in [0, 0.1) is 6.92 Å². The predicted octanol–water partition coefficient (Wildman–Crippen LogP) is 5.09. The van der Waals surface area contributed by atoms with E-state index in [-0.39, 0.29) is 12.3 Å². The van der Waals surface area contributed by atoms with Crippen molar-refractivity contribution in [3.8, 4) is 28.6 Å². The van der Waals surface area contributed by atoms with Gasteiger partial charge in [-0.1, -0.05) is 48.0 Å². The van der Waals surface area contributed by atoms with Crippen molar-refractivity contribution in [2.45, 2.75) is 32.7 Å². The van der Waals surface area contributed by atoms with Gasteiger partial charge in [-0.15, -0.1) is 10.2 Å². The Morgan fingerprint density at radius 3 is 2.16 bits per heavy atom. The number of rotatable bonds is 11. The summed E-state index contributed by atoms with van der Waals surface area (Å²) in [7, 11) is 4.74. The highest BCUT2D eigenvalue weighted by Crippen LogP contribution is 2.41. The summed E-state index contributed by atoms with van der Waals surface area (Å²) in [5.74, 6) is 2.91. The number of methoxy groups -OCH3 is 3. The van der Waals surface area contributed by atoms with Crippen LogP contribution in [0.4, 0.5) is 5.69 Å². The second kappa shape index (κ2) is 12.1. The Labute approximate surface area is 217 Å². The van der Waals surface area contributed by atoms with Crippen LogP contribution < -0.4 is 19.5 Å². The molecular weight excluding hydrogens is 468 g/mol. The minimum atomic E-state index is -0.0733. The first-order valence-corrected chi connectivity index (χ1v) is 12.1. The van der Waals surface area contributed by atoms with Crippen molar-refractivity contribution in [3.05, 3.63) is 83.7 Å². The molecule has 1 heterocycles. The van der Waals surface area contributed by atoms with Gasteiger partial charge in [-0.25, -0.2) is 0 Å². The number of nitrogens with zero attached hydrogens (tertiary/aromatic N) is 3. The molecule has 0 saturated carbocycles. The van der Waals surface area contributed by atoms with Gasteiger partial charge in [-0.05, 0) is 43.2 Å². The third-order valence-corrected chi connectivity index (χ3v) is 6.13. The van der Waals surface area contributed by atoms with Crippen LogP contribution in [-0.4, -0.2) is 42.0 Å². The van der Waals surface area contributed by atoms with Gasteiger partial charge < -0.3 is 24.1 Å². The van der Waals surface area contributed by atoms with E-state index in [0.29, 0.717) is 36.0 Å². The van der Waals surface area contributed by atoms with E-state index in [1.165, 1.54) is 5.56 Å². The first-order valence-electron chi connectivity index (χ1n) is 12.1. The molecule has 8 nitrogen and oxygen atoms in total.